The van der Waals surface area contributed by atoms with E-state index in [9.17, 15) is 24.3 Å². The minimum absolute atomic E-state index is 0.00324. The van der Waals surface area contributed by atoms with Crippen molar-refractivity contribution in [2.75, 3.05) is 18.8 Å². The number of nitrogens with two attached hydrogens (primary N) is 2. The van der Waals surface area contributed by atoms with Gasteiger partial charge in [-0.2, -0.15) is 12.6 Å². The van der Waals surface area contributed by atoms with Crippen LogP contribution in [0.5, 0.6) is 0 Å². The number of hydrogen-bond acceptors (Lipinski definition) is 7. The molecule has 0 radical (unpaired) electrons. The largest absolute Gasteiger partial charge is 0.480 e. The van der Waals surface area contributed by atoms with E-state index in [0.29, 0.717) is 45.2 Å². The molecule has 1 aliphatic heterocycles. The number of carboxylic acids is 1. The minimum atomic E-state index is -1.07. The summed E-state index contributed by atoms with van der Waals surface area (Å²) in [6, 6.07) is -3.52. The van der Waals surface area contributed by atoms with E-state index in [1.807, 2.05) is 13.8 Å². The molecule has 5 unspecified atom stereocenters. The van der Waals surface area contributed by atoms with Crippen molar-refractivity contribution in [2.24, 2.45) is 17.4 Å². The molecular weight excluding hydrogens is 422 g/mol. The number of carbonyl (C=O) groups excluding carboxylic acids is 3. The van der Waals surface area contributed by atoms with Gasteiger partial charge in [0.15, 0.2) is 0 Å². The van der Waals surface area contributed by atoms with E-state index >= 15 is 0 Å². The topological polar surface area (TPSA) is 168 Å². The third-order valence-electron chi connectivity index (χ3n) is 5.76. The molecule has 0 bridgehead atoms. The van der Waals surface area contributed by atoms with Crippen LogP contribution in [0.25, 0.3) is 0 Å². The number of amides is 3. The van der Waals surface area contributed by atoms with E-state index in [1.54, 1.807) is 0 Å². The summed E-state index contributed by atoms with van der Waals surface area (Å²) in [7, 11) is 0. The second kappa shape index (κ2) is 13.5. The van der Waals surface area contributed by atoms with E-state index in [4.69, 9.17) is 11.5 Å². The van der Waals surface area contributed by atoms with Crippen LogP contribution >= 0.6 is 12.6 Å². The molecule has 11 heteroatoms. The Morgan fingerprint density at radius 3 is 2.35 bits per heavy atom. The number of rotatable bonds is 13. The summed E-state index contributed by atoms with van der Waals surface area (Å²) in [5, 5.41) is 14.6. The van der Waals surface area contributed by atoms with Gasteiger partial charge in [-0.3, -0.25) is 14.4 Å². The fourth-order valence-electron chi connectivity index (χ4n) is 3.49. The van der Waals surface area contributed by atoms with Gasteiger partial charge in [-0.05, 0) is 44.6 Å². The Kier molecular flexibility index (Phi) is 11.9. The molecule has 7 N–H and O–H groups in total. The lowest BCUT2D eigenvalue weighted by atomic mass is 9.98. The van der Waals surface area contributed by atoms with Gasteiger partial charge in [0.25, 0.3) is 0 Å². The van der Waals surface area contributed by atoms with Crippen LogP contribution in [0.4, 0.5) is 0 Å². The smallest absolute Gasteiger partial charge is 0.326 e. The monoisotopic (exact) mass is 459 g/mol. The van der Waals surface area contributed by atoms with Crippen LogP contribution in [0.1, 0.15) is 52.4 Å². The van der Waals surface area contributed by atoms with E-state index in [-0.39, 0.29) is 11.7 Å². The van der Waals surface area contributed by atoms with E-state index < -0.39 is 47.9 Å². The number of carboxylic acid groups (broad SMARTS) is 1. The van der Waals surface area contributed by atoms with Gasteiger partial charge < -0.3 is 32.1 Å². The van der Waals surface area contributed by atoms with E-state index in [1.165, 1.54) is 4.90 Å². The van der Waals surface area contributed by atoms with Crippen molar-refractivity contribution in [1.82, 2.24) is 15.5 Å². The van der Waals surface area contributed by atoms with Crippen molar-refractivity contribution in [3.8, 4) is 0 Å². The van der Waals surface area contributed by atoms with Gasteiger partial charge in [-0.25, -0.2) is 4.79 Å². The first-order valence-corrected chi connectivity index (χ1v) is 11.5. The molecule has 0 aromatic carbocycles. The van der Waals surface area contributed by atoms with Crippen molar-refractivity contribution in [3.63, 3.8) is 0 Å². The van der Waals surface area contributed by atoms with Gasteiger partial charge >= 0.3 is 5.97 Å². The van der Waals surface area contributed by atoms with Crippen LogP contribution < -0.4 is 22.1 Å². The highest BCUT2D eigenvalue weighted by Gasteiger charge is 2.38. The van der Waals surface area contributed by atoms with Crippen molar-refractivity contribution in [3.05, 3.63) is 0 Å². The molecule has 0 aromatic rings. The first kappa shape index (κ1) is 27.2. The maximum absolute atomic E-state index is 12.9. The maximum atomic E-state index is 12.9. The number of hydrogen-bond donors (Lipinski definition) is 6. The summed E-state index contributed by atoms with van der Waals surface area (Å²) in [5.41, 5.74) is 11.5. The summed E-state index contributed by atoms with van der Waals surface area (Å²) in [6.07, 6.45) is 3.31. The van der Waals surface area contributed by atoms with Gasteiger partial charge in [0.2, 0.25) is 17.7 Å². The average Bonchev–Trinajstić information content (AvgIpc) is 3.25. The first-order valence-electron chi connectivity index (χ1n) is 10.9. The van der Waals surface area contributed by atoms with Crippen molar-refractivity contribution in [2.45, 2.75) is 76.5 Å². The highest BCUT2D eigenvalue weighted by Crippen LogP contribution is 2.19. The van der Waals surface area contributed by atoms with Gasteiger partial charge in [0.05, 0.1) is 6.04 Å². The zero-order valence-corrected chi connectivity index (χ0v) is 19.3. The Hall–Kier alpha value is -1.85. The normalized spacial score (nSPS) is 19.9. The molecule has 3 amide bonds. The van der Waals surface area contributed by atoms with Gasteiger partial charge in [0.1, 0.15) is 18.1 Å². The quantitative estimate of drug-likeness (QED) is 0.159. The minimum Gasteiger partial charge on any atom is -0.480 e. The lowest BCUT2D eigenvalue weighted by molar-refractivity contribution is -0.149. The van der Waals surface area contributed by atoms with Crippen LogP contribution in [-0.4, -0.2) is 76.7 Å². The summed E-state index contributed by atoms with van der Waals surface area (Å²) >= 11 is 4.17. The van der Waals surface area contributed by atoms with Crippen molar-refractivity contribution >= 4 is 36.3 Å². The number of unbranched alkanes of at least 4 members (excludes halogenated alkanes) is 1. The van der Waals surface area contributed by atoms with Crippen LogP contribution in [0.3, 0.4) is 0 Å². The summed E-state index contributed by atoms with van der Waals surface area (Å²) in [4.78, 5) is 50.9. The molecule has 1 aliphatic rings. The standard InChI is InChI=1S/C20H37N5O5S/c1-3-12(2)16(22)18(27)23-13(7-4-5-9-21)17(26)24-14(11-31)19(28)25-10-6-8-15(25)20(29)30/h12-16,31H,3-11,21-22H2,1-2H3,(H,23,27)(H,24,26)(H,29,30). The Morgan fingerprint density at radius 2 is 1.81 bits per heavy atom. The zero-order chi connectivity index (χ0) is 23.6. The second-order valence-electron chi connectivity index (χ2n) is 8.03. The average molecular weight is 460 g/mol. The summed E-state index contributed by atoms with van der Waals surface area (Å²) in [5.74, 6) is -2.56. The molecule has 5 atom stereocenters. The highest BCUT2D eigenvalue weighted by molar-refractivity contribution is 7.80. The number of nitrogens with one attached hydrogen (secondary N) is 2. The molecule has 0 spiro atoms. The molecule has 178 valence electrons. The Bertz CT molecular complexity index is 635. The highest BCUT2D eigenvalue weighted by atomic mass is 32.1. The number of carbonyl (C=O) groups is 4. The van der Waals surface area contributed by atoms with Crippen LogP contribution in [0, 0.1) is 5.92 Å². The number of aliphatic carboxylic acids is 1. The molecule has 1 fully saturated rings. The predicted molar refractivity (Wildman–Crippen MR) is 120 cm³/mol. The Labute approximate surface area is 189 Å². The SMILES string of the molecule is CCC(C)C(N)C(=O)NC(CCCCN)C(=O)NC(CS)C(=O)N1CCCC1C(=O)O. The molecule has 0 aromatic heterocycles. The van der Waals surface area contributed by atoms with Crippen molar-refractivity contribution < 1.29 is 24.3 Å². The summed E-state index contributed by atoms with van der Waals surface area (Å²) < 4.78 is 0. The van der Waals surface area contributed by atoms with Crippen molar-refractivity contribution in [1.29, 1.82) is 0 Å². The number of nitrogens with zero attached hydrogens (tertiary/aromatic N) is 1. The molecule has 10 nitrogen and oxygen atoms in total. The van der Waals surface area contributed by atoms with E-state index in [0.717, 1.165) is 6.42 Å². The fourth-order valence-corrected chi connectivity index (χ4v) is 3.73. The molecular formula is C20H37N5O5S. The molecule has 1 rings (SSSR count). The molecule has 31 heavy (non-hydrogen) atoms. The van der Waals surface area contributed by atoms with Crippen LogP contribution in [0.15, 0.2) is 0 Å². The lowest BCUT2D eigenvalue weighted by Gasteiger charge is -2.28. The number of likely N-dealkylation sites (tertiary alicyclic amines) is 1. The molecule has 1 heterocycles. The first-order chi connectivity index (χ1) is 14.7. The molecule has 0 aliphatic carbocycles. The number of thiol groups is 1. The second-order valence-corrected chi connectivity index (χ2v) is 8.39. The molecule has 1 saturated heterocycles. The van der Waals surface area contributed by atoms with Crippen LogP contribution in [0.2, 0.25) is 0 Å². The Morgan fingerprint density at radius 1 is 1.16 bits per heavy atom. The van der Waals surface area contributed by atoms with Crippen LogP contribution in [-0.2, 0) is 19.2 Å². The van der Waals surface area contributed by atoms with Gasteiger partial charge in [-0.1, -0.05) is 20.3 Å². The lowest BCUT2D eigenvalue weighted by Crippen LogP contribution is -2.58. The van der Waals surface area contributed by atoms with E-state index in [2.05, 4.69) is 23.3 Å². The predicted octanol–water partition coefficient (Wildman–Crippen LogP) is -0.536. The third-order valence-corrected chi connectivity index (χ3v) is 6.12. The summed E-state index contributed by atoms with van der Waals surface area (Å²) in [6.45, 7) is 4.56. The van der Waals surface area contributed by atoms with Gasteiger partial charge in [-0.15, -0.1) is 0 Å². The Balaban J connectivity index is 2.87. The zero-order valence-electron chi connectivity index (χ0n) is 18.4. The fraction of sp³-hybridized carbons (Fsp3) is 0.800. The van der Waals surface area contributed by atoms with Gasteiger partial charge in [0, 0.05) is 12.3 Å². The maximum Gasteiger partial charge on any atom is 0.326 e. The third kappa shape index (κ3) is 7.97. The molecule has 0 saturated carbocycles.